The monoisotopic (exact) mass is 677 g/mol. The highest BCUT2D eigenvalue weighted by Gasteiger charge is 2.40. The Morgan fingerprint density at radius 3 is 1.96 bits per heavy atom. The molecule has 0 amide bonds. The van der Waals surface area contributed by atoms with E-state index in [1.165, 1.54) is 54.9 Å². The number of allylic oxidation sites excluding steroid dienone is 5. The molecule has 0 aromatic heterocycles. The third-order valence-electron chi connectivity index (χ3n) is 10.8. The van der Waals surface area contributed by atoms with E-state index in [9.17, 15) is 0 Å². The second-order valence-electron chi connectivity index (χ2n) is 13.7. The molecule has 252 valence electrons. The molecular weight excluding hydrogens is 639 g/mol. The molecule has 1 atom stereocenters. The van der Waals surface area contributed by atoms with Gasteiger partial charge in [0, 0.05) is 16.8 Å². The van der Waals surface area contributed by atoms with Crippen molar-refractivity contribution in [2.75, 3.05) is 4.90 Å². The van der Waals surface area contributed by atoms with Gasteiger partial charge in [-0.15, -0.1) is 0 Å². The molecule has 0 spiro atoms. The molecular formula is C52H39N. The fraction of sp³-hybridized carbons (Fsp3) is 0.0385. The van der Waals surface area contributed by atoms with E-state index in [2.05, 4.69) is 217 Å². The predicted octanol–water partition coefficient (Wildman–Crippen LogP) is 13.7. The fourth-order valence-electron chi connectivity index (χ4n) is 8.32. The van der Waals surface area contributed by atoms with Crippen molar-refractivity contribution in [3.05, 3.63) is 247 Å². The summed E-state index contributed by atoms with van der Waals surface area (Å²) in [5.74, 6) is 0. The Hall–Kier alpha value is -6.70. The fourth-order valence-corrected chi connectivity index (χ4v) is 8.32. The van der Waals surface area contributed by atoms with Crippen LogP contribution in [0, 0.1) is 0 Å². The summed E-state index contributed by atoms with van der Waals surface area (Å²) in [6, 6.07) is 68.4. The Labute approximate surface area is 312 Å². The van der Waals surface area contributed by atoms with E-state index >= 15 is 0 Å². The highest BCUT2D eigenvalue weighted by atomic mass is 15.1. The maximum absolute atomic E-state index is 4.82. The van der Waals surface area contributed by atoms with E-state index in [1.54, 1.807) is 0 Å². The van der Waals surface area contributed by atoms with Crippen LogP contribution in [0.2, 0.25) is 0 Å². The normalized spacial score (nSPS) is 16.6. The van der Waals surface area contributed by atoms with Gasteiger partial charge in [-0.3, -0.25) is 0 Å². The first-order valence-corrected chi connectivity index (χ1v) is 18.3. The summed E-state index contributed by atoms with van der Waals surface area (Å²) < 4.78 is 0. The van der Waals surface area contributed by atoms with Crippen LogP contribution in [0.25, 0.3) is 32.7 Å². The van der Waals surface area contributed by atoms with Crippen molar-refractivity contribution < 1.29 is 0 Å². The van der Waals surface area contributed by atoms with Gasteiger partial charge in [-0.25, -0.2) is 0 Å². The van der Waals surface area contributed by atoms with Gasteiger partial charge in [-0.2, -0.15) is 0 Å². The molecule has 53 heavy (non-hydrogen) atoms. The average molecular weight is 678 g/mol. The van der Waals surface area contributed by atoms with Gasteiger partial charge in [-0.1, -0.05) is 189 Å². The second-order valence-corrected chi connectivity index (χ2v) is 13.7. The van der Waals surface area contributed by atoms with Crippen molar-refractivity contribution in [1.29, 1.82) is 0 Å². The summed E-state index contributed by atoms with van der Waals surface area (Å²) in [6.07, 6.45) is 9.55. The van der Waals surface area contributed by atoms with Gasteiger partial charge in [0.15, 0.2) is 0 Å². The van der Waals surface area contributed by atoms with Crippen LogP contribution >= 0.6 is 0 Å². The van der Waals surface area contributed by atoms with E-state index in [0.717, 1.165) is 29.1 Å². The smallest absolute Gasteiger partial charge is 0.0699 e. The van der Waals surface area contributed by atoms with E-state index < -0.39 is 5.41 Å². The van der Waals surface area contributed by atoms with E-state index in [0.29, 0.717) is 0 Å². The molecule has 0 bridgehead atoms. The van der Waals surface area contributed by atoms with Crippen molar-refractivity contribution in [1.82, 2.24) is 0 Å². The molecule has 8 aromatic rings. The summed E-state index contributed by atoms with van der Waals surface area (Å²) in [4.78, 5) is 2.42. The number of rotatable bonds is 6. The van der Waals surface area contributed by atoms with Crippen LogP contribution in [0.15, 0.2) is 225 Å². The van der Waals surface area contributed by atoms with Crippen molar-refractivity contribution in [2.24, 2.45) is 0 Å². The van der Waals surface area contributed by atoms with Crippen LogP contribution in [-0.2, 0) is 11.8 Å². The Kier molecular flexibility index (Phi) is 8.38. The number of benzene rings is 8. The molecule has 1 aliphatic rings. The van der Waals surface area contributed by atoms with Crippen molar-refractivity contribution >= 4 is 38.6 Å². The molecule has 1 unspecified atom stereocenters. The second kappa shape index (κ2) is 13.8. The minimum atomic E-state index is -0.626. The molecule has 0 fully saturated rings. The first-order valence-electron chi connectivity index (χ1n) is 18.3. The lowest BCUT2D eigenvalue weighted by Crippen LogP contribution is -2.32. The zero-order valence-corrected chi connectivity index (χ0v) is 29.6. The quantitative estimate of drug-likeness (QED) is 0.169. The predicted molar refractivity (Wildman–Crippen MR) is 225 cm³/mol. The highest BCUT2D eigenvalue weighted by molar-refractivity contribution is 6.00. The number of hydrogen-bond donors (Lipinski definition) is 0. The van der Waals surface area contributed by atoms with Gasteiger partial charge in [0.25, 0.3) is 0 Å². The Bertz CT molecular complexity index is 2650. The van der Waals surface area contributed by atoms with Gasteiger partial charge < -0.3 is 4.90 Å². The zero-order chi connectivity index (χ0) is 35.6. The summed E-state index contributed by atoms with van der Waals surface area (Å²) in [5.41, 5.74) is 11.0. The largest absolute Gasteiger partial charge is 0.310 e. The first-order chi connectivity index (χ1) is 26.2. The Morgan fingerprint density at radius 2 is 1.13 bits per heavy atom. The third-order valence-corrected chi connectivity index (χ3v) is 10.8. The van der Waals surface area contributed by atoms with Crippen LogP contribution in [0.5, 0.6) is 0 Å². The SMILES string of the molecule is C=C1/C=C\C=C/Cc2ccccc2C1(c1ccccc1)c1cccc(N(c2ccc(-c3cccc4ccccc34)cc2)c2cccc3ccccc23)c1. The molecule has 0 aliphatic heterocycles. The van der Waals surface area contributed by atoms with E-state index in [-0.39, 0.29) is 0 Å². The van der Waals surface area contributed by atoms with Crippen LogP contribution in [-0.4, -0.2) is 0 Å². The lowest BCUT2D eigenvalue weighted by molar-refractivity contribution is 0.737. The van der Waals surface area contributed by atoms with Crippen LogP contribution in [0.4, 0.5) is 17.1 Å². The number of nitrogens with zero attached hydrogens (tertiary/aromatic N) is 1. The minimum absolute atomic E-state index is 0.626. The minimum Gasteiger partial charge on any atom is -0.310 e. The lowest BCUT2D eigenvalue weighted by Gasteiger charge is -2.39. The summed E-state index contributed by atoms with van der Waals surface area (Å²) >= 11 is 0. The molecule has 0 heterocycles. The first kappa shape index (κ1) is 32.2. The molecule has 1 heteroatoms. The van der Waals surface area contributed by atoms with Gasteiger partial charge in [-0.05, 0) is 91.9 Å². The van der Waals surface area contributed by atoms with Crippen molar-refractivity contribution in [3.8, 4) is 11.1 Å². The van der Waals surface area contributed by atoms with Crippen LogP contribution in [0.3, 0.4) is 0 Å². The number of anilines is 3. The van der Waals surface area contributed by atoms with Gasteiger partial charge in [0.05, 0.1) is 11.1 Å². The summed E-state index contributed by atoms with van der Waals surface area (Å²) in [7, 11) is 0. The molecule has 1 aliphatic carbocycles. The summed E-state index contributed by atoms with van der Waals surface area (Å²) in [5, 5.41) is 4.90. The average Bonchev–Trinajstić information content (AvgIpc) is 3.29. The molecule has 9 rings (SSSR count). The van der Waals surface area contributed by atoms with Gasteiger partial charge in [0.2, 0.25) is 0 Å². The topological polar surface area (TPSA) is 3.24 Å². The van der Waals surface area contributed by atoms with Crippen LogP contribution in [0.1, 0.15) is 22.3 Å². The molecule has 0 radical (unpaired) electrons. The summed E-state index contributed by atoms with van der Waals surface area (Å²) in [6.45, 7) is 4.82. The Balaban J connectivity index is 1.27. The Morgan fingerprint density at radius 1 is 0.491 bits per heavy atom. The maximum atomic E-state index is 4.82. The van der Waals surface area contributed by atoms with Gasteiger partial charge >= 0.3 is 0 Å². The van der Waals surface area contributed by atoms with Crippen molar-refractivity contribution in [2.45, 2.75) is 11.8 Å². The van der Waals surface area contributed by atoms with Crippen LogP contribution < -0.4 is 4.90 Å². The molecule has 0 saturated heterocycles. The van der Waals surface area contributed by atoms with E-state index in [4.69, 9.17) is 6.58 Å². The molecule has 0 N–H and O–H groups in total. The molecule has 1 nitrogen and oxygen atoms in total. The standard InChI is InChI=1S/C52H39N/c1-38-17-4-2-5-20-42-21-10-13-31-50(42)52(38,43-24-6-3-7-25-43)44-26-16-27-46(37-44)53(51-32-15-23-40-19-9-12-29-49(40)51)45-35-33-41(34-36-45)48-30-14-22-39-18-8-11-28-47(39)48/h2-19,21-37H,1,20H2/b5-2-,17-4-. The van der Waals surface area contributed by atoms with Crippen molar-refractivity contribution in [3.63, 3.8) is 0 Å². The number of fused-ring (bicyclic) bond motifs is 3. The molecule has 0 saturated carbocycles. The lowest BCUT2D eigenvalue weighted by atomic mass is 9.63. The zero-order valence-electron chi connectivity index (χ0n) is 29.6. The van der Waals surface area contributed by atoms with Gasteiger partial charge in [0.1, 0.15) is 0 Å². The maximum Gasteiger partial charge on any atom is 0.0699 e. The number of hydrogen-bond acceptors (Lipinski definition) is 1. The third kappa shape index (κ3) is 5.68. The van der Waals surface area contributed by atoms with E-state index in [1.807, 2.05) is 0 Å². The molecule has 8 aromatic carbocycles. The highest BCUT2D eigenvalue weighted by Crippen LogP contribution is 2.49.